The molecule has 1 N–H and O–H groups in total. The molecule has 0 heterocycles. The summed E-state index contributed by atoms with van der Waals surface area (Å²) in [6, 6.07) is 9.54. The minimum atomic E-state index is -2.56. The fourth-order valence-electron chi connectivity index (χ4n) is 6.27. The normalized spacial score (nSPS) is 36.6. The fraction of sp³-hybridized carbons (Fsp3) is 0.700. The molecule has 132 valence electrons. The molecule has 3 atom stereocenters. The van der Waals surface area contributed by atoms with Gasteiger partial charge in [0.2, 0.25) is 0 Å². The Kier molecular flexibility index (Phi) is 3.85. The Hall–Kier alpha value is -0.870. The monoisotopic (exact) mass is 347 g/mol. The second-order valence-electron chi connectivity index (χ2n) is 8.24. The number of benzene rings is 1. The van der Waals surface area contributed by atoms with Crippen molar-refractivity contribution >= 4 is 9.73 Å². The summed E-state index contributed by atoms with van der Waals surface area (Å²) < 4.78 is 17.9. The van der Waals surface area contributed by atoms with Gasteiger partial charge >= 0.3 is 0 Å². The second-order valence-corrected chi connectivity index (χ2v) is 10.6. The van der Waals surface area contributed by atoms with E-state index in [0.29, 0.717) is 11.2 Å². The molecule has 3 aliphatic carbocycles. The minimum Gasteiger partial charge on any atom is -0.388 e. The Morgan fingerprint density at radius 2 is 1.67 bits per heavy atom. The highest BCUT2D eigenvalue weighted by molar-refractivity contribution is 7.93. The smallest absolute Gasteiger partial charge is 0.0836 e. The molecular weight excluding hydrogens is 318 g/mol. The van der Waals surface area contributed by atoms with Crippen LogP contribution in [0.15, 0.2) is 39.6 Å². The van der Waals surface area contributed by atoms with Gasteiger partial charge in [-0.05, 0) is 56.1 Å². The highest BCUT2D eigenvalue weighted by Gasteiger charge is 2.70. The number of aliphatic hydroxyl groups is 1. The first-order valence-electron chi connectivity index (χ1n) is 9.40. The Morgan fingerprint density at radius 3 is 2.25 bits per heavy atom. The minimum absolute atomic E-state index is 0.00136. The second kappa shape index (κ2) is 5.57. The average molecular weight is 348 g/mol. The molecule has 0 aliphatic heterocycles. The summed E-state index contributed by atoms with van der Waals surface area (Å²) in [4.78, 5) is 0.765. The number of hydrogen-bond donors (Lipinski definition) is 1. The van der Waals surface area contributed by atoms with Crippen LogP contribution in [-0.4, -0.2) is 27.7 Å². The van der Waals surface area contributed by atoms with Crippen LogP contribution in [0, 0.1) is 10.8 Å². The third-order valence-electron chi connectivity index (χ3n) is 7.53. The van der Waals surface area contributed by atoms with Crippen LogP contribution in [-0.2, 0) is 9.73 Å². The van der Waals surface area contributed by atoms with E-state index < -0.39 is 15.3 Å². The van der Waals surface area contributed by atoms with Crippen molar-refractivity contribution in [1.82, 2.24) is 0 Å². The standard InChI is InChI=1S/C20H29NO2S/c1-21-24(23,17-8-3-2-4-9-17)16-20(22)15-14-19(20)13-7-12-18(19)10-5-6-11-18/h2-4,8-9,22H,5-7,10-16H2,1H3/t19-,20+,24+/m1/s1. The summed E-state index contributed by atoms with van der Waals surface area (Å²) in [7, 11) is -0.916. The van der Waals surface area contributed by atoms with Crippen molar-refractivity contribution in [2.75, 3.05) is 12.8 Å². The molecule has 0 amide bonds. The van der Waals surface area contributed by atoms with Crippen molar-refractivity contribution in [3.8, 4) is 0 Å². The van der Waals surface area contributed by atoms with Crippen molar-refractivity contribution < 1.29 is 9.32 Å². The zero-order chi connectivity index (χ0) is 16.9. The molecule has 4 heteroatoms. The van der Waals surface area contributed by atoms with E-state index >= 15 is 0 Å². The summed E-state index contributed by atoms with van der Waals surface area (Å²) in [6.45, 7) is 0. The largest absolute Gasteiger partial charge is 0.388 e. The number of rotatable bonds is 3. The molecule has 24 heavy (non-hydrogen) atoms. The maximum atomic E-state index is 13.6. The van der Waals surface area contributed by atoms with E-state index in [1.54, 1.807) is 7.05 Å². The zero-order valence-electron chi connectivity index (χ0n) is 14.7. The van der Waals surface area contributed by atoms with Crippen LogP contribution < -0.4 is 0 Å². The summed E-state index contributed by atoms with van der Waals surface area (Å²) in [6.07, 6.45) is 10.6. The van der Waals surface area contributed by atoms with Gasteiger partial charge in [0.1, 0.15) is 0 Å². The highest BCUT2D eigenvalue weighted by atomic mass is 32.2. The number of nitrogens with zero attached hydrogens (tertiary/aromatic N) is 1. The molecule has 1 aromatic carbocycles. The van der Waals surface area contributed by atoms with Gasteiger partial charge in [0.05, 0.1) is 21.1 Å². The van der Waals surface area contributed by atoms with Crippen LogP contribution in [0.3, 0.4) is 0 Å². The van der Waals surface area contributed by atoms with Gasteiger partial charge in [0.15, 0.2) is 0 Å². The van der Waals surface area contributed by atoms with Crippen LogP contribution in [0.5, 0.6) is 0 Å². The molecule has 3 fully saturated rings. The van der Waals surface area contributed by atoms with Crippen molar-refractivity contribution in [2.24, 2.45) is 15.2 Å². The molecule has 3 aliphatic rings. The summed E-state index contributed by atoms with van der Waals surface area (Å²) >= 11 is 0. The van der Waals surface area contributed by atoms with Gasteiger partial charge in [-0.25, -0.2) is 8.57 Å². The van der Waals surface area contributed by atoms with E-state index in [0.717, 1.165) is 24.2 Å². The van der Waals surface area contributed by atoms with E-state index in [-0.39, 0.29) is 5.41 Å². The molecule has 4 rings (SSSR count). The predicted molar refractivity (Wildman–Crippen MR) is 97.4 cm³/mol. The van der Waals surface area contributed by atoms with Crippen molar-refractivity contribution in [2.45, 2.75) is 68.3 Å². The molecule has 0 aromatic heterocycles. The predicted octanol–water partition coefficient (Wildman–Crippen LogP) is 4.40. The molecular formula is C20H29NO2S. The highest BCUT2D eigenvalue weighted by Crippen LogP contribution is 2.73. The van der Waals surface area contributed by atoms with Crippen molar-refractivity contribution in [1.29, 1.82) is 0 Å². The zero-order valence-corrected chi connectivity index (χ0v) is 15.5. The van der Waals surface area contributed by atoms with Gasteiger partial charge in [0.25, 0.3) is 0 Å². The maximum absolute atomic E-state index is 13.6. The molecule has 2 spiro atoms. The lowest BCUT2D eigenvalue weighted by molar-refractivity contribution is -0.202. The van der Waals surface area contributed by atoms with E-state index in [4.69, 9.17) is 0 Å². The molecule has 0 radical (unpaired) electrons. The van der Waals surface area contributed by atoms with Crippen LogP contribution in [0.25, 0.3) is 0 Å². The molecule has 0 saturated heterocycles. The number of fused-ring (bicyclic) bond motifs is 1. The molecule has 1 aromatic rings. The maximum Gasteiger partial charge on any atom is 0.0836 e. The quantitative estimate of drug-likeness (QED) is 0.881. The van der Waals surface area contributed by atoms with Gasteiger partial charge in [-0.3, -0.25) is 0 Å². The Bertz CT molecular complexity index is 726. The first kappa shape index (κ1) is 16.6. The Labute approximate surface area is 146 Å². The van der Waals surface area contributed by atoms with Crippen LogP contribution in [0.1, 0.15) is 57.8 Å². The van der Waals surface area contributed by atoms with Gasteiger partial charge in [0, 0.05) is 17.4 Å². The summed E-state index contributed by atoms with van der Waals surface area (Å²) in [5, 5.41) is 11.7. The Morgan fingerprint density at radius 1 is 1.00 bits per heavy atom. The van der Waals surface area contributed by atoms with Gasteiger partial charge in [-0.15, -0.1) is 0 Å². The van der Waals surface area contributed by atoms with Gasteiger partial charge < -0.3 is 5.11 Å². The van der Waals surface area contributed by atoms with Crippen LogP contribution in [0.2, 0.25) is 0 Å². The topological polar surface area (TPSA) is 49.7 Å². The lowest BCUT2D eigenvalue weighted by Crippen LogP contribution is -2.65. The lowest BCUT2D eigenvalue weighted by atomic mass is 9.46. The van der Waals surface area contributed by atoms with E-state index in [1.807, 2.05) is 30.3 Å². The first-order valence-corrected chi connectivity index (χ1v) is 11.1. The molecule has 3 nitrogen and oxygen atoms in total. The molecule has 0 unspecified atom stereocenters. The van der Waals surface area contributed by atoms with E-state index in [2.05, 4.69) is 4.36 Å². The van der Waals surface area contributed by atoms with Gasteiger partial charge in [-0.2, -0.15) is 0 Å². The van der Waals surface area contributed by atoms with E-state index in [1.165, 1.54) is 38.5 Å². The molecule has 0 bridgehead atoms. The van der Waals surface area contributed by atoms with Crippen LogP contribution in [0.4, 0.5) is 0 Å². The third-order valence-corrected chi connectivity index (χ3v) is 10.00. The molecule has 3 saturated carbocycles. The third kappa shape index (κ3) is 2.08. The average Bonchev–Trinajstić information content (AvgIpc) is 3.24. The van der Waals surface area contributed by atoms with E-state index in [9.17, 15) is 9.32 Å². The lowest BCUT2D eigenvalue weighted by Gasteiger charge is -2.62. The SMILES string of the molecule is CN=[S@](=O)(C[C@@]1(O)CC[C@@]12CCCC21CCCC1)c1ccccc1. The Balaban J connectivity index is 1.70. The number of hydrogen-bond acceptors (Lipinski definition) is 3. The van der Waals surface area contributed by atoms with Gasteiger partial charge in [-0.1, -0.05) is 37.5 Å². The fourth-order valence-corrected chi connectivity index (χ4v) is 8.42. The van der Waals surface area contributed by atoms with Crippen LogP contribution >= 0.6 is 0 Å². The van der Waals surface area contributed by atoms with Crippen molar-refractivity contribution in [3.05, 3.63) is 30.3 Å². The summed E-state index contributed by atoms with van der Waals surface area (Å²) in [5.41, 5.74) is -0.496. The first-order chi connectivity index (χ1) is 11.5. The summed E-state index contributed by atoms with van der Waals surface area (Å²) in [5.74, 6) is 0.308. The van der Waals surface area contributed by atoms with Crippen molar-refractivity contribution in [3.63, 3.8) is 0 Å².